The molecule has 0 heterocycles. The van der Waals surface area contributed by atoms with Gasteiger partial charge in [-0.3, -0.25) is 4.79 Å². The summed E-state index contributed by atoms with van der Waals surface area (Å²) in [6.07, 6.45) is 34.3. The van der Waals surface area contributed by atoms with Crippen LogP contribution in [0.4, 0.5) is 0 Å². The Kier molecular flexibility index (Phi) is 19.8. The number of allylic oxidation sites excluding steroid dienone is 9. The second kappa shape index (κ2) is 21.9. The minimum absolute atomic E-state index is 0.0717. The fourth-order valence-corrected chi connectivity index (χ4v) is 5.63. The fraction of sp³-hybridized carbons (Fsp3) is 0.711. The van der Waals surface area contributed by atoms with Crippen molar-refractivity contribution in [1.82, 2.24) is 0 Å². The molecular weight excluding hydrogens is 488 g/mol. The molecule has 0 fully saturated rings. The highest BCUT2D eigenvalue weighted by molar-refractivity contribution is 5.69. The number of rotatable bonds is 21. The molecular formula is C38H64O2. The van der Waals surface area contributed by atoms with Gasteiger partial charge in [0.15, 0.2) is 0 Å². The molecule has 228 valence electrons. The summed E-state index contributed by atoms with van der Waals surface area (Å²) < 4.78 is 5.41. The van der Waals surface area contributed by atoms with Gasteiger partial charge in [-0.25, -0.2) is 0 Å². The summed E-state index contributed by atoms with van der Waals surface area (Å²) in [4.78, 5) is 12.0. The van der Waals surface area contributed by atoms with E-state index in [0.29, 0.717) is 13.0 Å². The molecule has 0 aliphatic heterocycles. The van der Waals surface area contributed by atoms with E-state index in [0.717, 1.165) is 24.3 Å². The first kappa shape index (κ1) is 36.2. The monoisotopic (exact) mass is 552 g/mol. The van der Waals surface area contributed by atoms with E-state index in [1.165, 1.54) is 107 Å². The summed E-state index contributed by atoms with van der Waals surface area (Å²) in [6.45, 7) is 16.2. The van der Waals surface area contributed by atoms with Gasteiger partial charge in [0.05, 0.1) is 0 Å². The Labute approximate surface area is 249 Å². The quantitative estimate of drug-likeness (QED) is 0.0804. The molecule has 0 amide bonds. The van der Waals surface area contributed by atoms with Crippen LogP contribution in [0, 0.1) is 11.3 Å². The van der Waals surface area contributed by atoms with E-state index < -0.39 is 0 Å². The van der Waals surface area contributed by atoms with Crippen LogP contribution < -0.4 is 0 Å². The SMILES string of the molecule is CC(C=CC1=C(C)CCCC1(C)C)=CC=CC(C)=CCOC(=O)CCCCCCCCCCCCCCC(C)C. The second-order valence-corrected chi connectivity index (χ2v) is 13.3. The van der Waals surface area contributed by atoms with Crippen molar-refractivity contribution >= 4 is 5.97 Å². The number of carbonyl (C=O) groups is 1. The Hall–Kier alpha value is -1.83. The Morgan fingerprint density at radius 1 is 0.850 bits per heavy atom. The van der Waals surface area contributed by atoms with Crippen LogP contribution in [-0.4, -0.2) is 12.6 Å². The zero-order valence-electron chi connectivity index (χ0n) is 27.6. The molecule has 2 heteroatoms. The first-order valence-electron chi connectivity index (χ1n) is 16.7. The van der Waals surface area contributed by atoms with Crippen LogP contribution in [0.3, 0.4) is 0 Å². The van der Waals surface area contributed by atoms with E-state index in [4.69, 9.17) is 4.74 Å². The first-order valence-corrected chi connectivity index (χ1v) is 16.7. The van der Waals surface area contributed by atoms with Gasteiger partial charge < -0.3 is 4.74 Å². The highest BCUT2D eigenvalue weighted by atomic mass is 16.5. The molecule has 0 unspecified atom stereocenters. The minimum Gasteiger partial charge on any atom is -0.461 e. The molecule has 0 radical (unpaired) electrons. The maximum Gasteiger partial charge on any atom is 0.306 e. The fourth-order valence-electron chi connectivity index (χ4n) is 5.63. The van der Waals surface area contributed by atoms with Gasteiger partial charge in [-0.1, -0.05) is 152 Å². The maximum absolute atomic E-state index is 12.0. The molecule has 1 aliphatic carbocycles. The lowest BCUT2D eigenvalue weighted by molar-refractivity contribution is -0.142. The van der Waals surface area contributed by atoms with E-state index in [-0.39, 0.29) is 11.4 Å². The number of hydrogen-bond donors (Lipinski definition) is 0. The van der Waals surface area contributed by atoms with Gasteiger partial charge >= 0.3 is 5.97 Å². The third-order valence-corrected chi connectivity index (χ3v) is 8.34. The largest absolute Gasteiger partial charge is 0.461 e. The van der Waals surface area contributed by atoms with Crippen molar-refractivity contribution in [2.75, 3.05) is 6.61 Å². The van der Waals surface area contributed by atoms with Gasteiger partial charge in [0.2, 0.25) is 0 Å². The van der Waals surface area contributed by atoms with Crippen molar-refractivity contribution in [3.63, 3.8) is 0 Å². The second-order valence-electron chi connectivity index (χ2n) is 13.3. The van der Waals surface area contributed by atoms with Crippen LogP contribution in [0.2, 0.25) is 0 Å². The highest BCUT2D eigenvalue weighted by Gasteiger charge is 2.26. The van der Waals surface area contributed by atoms with E-state index >= 15 is 0 Å². The molecule has 0 atom stereocenters. The summed E-state index contributed by atoms with van der Waals surface area (Å²) >= 11 is 0. The predicted octanol–water partition coefficient (Wildman–Crippen LogP) is 12.2. The molecule has 1 rings (SSSR count). The Balaban J connectivity index is 2.09. The van der Waals surface area contributed by atoms with Crippen LogP contribution in [0.5, 0.6) is 0 Å². The van der Waals surface area contributed by atoms with E-state index in [2.05, 4.69) is 78.8 Å². The number of unbranched alkanes of at least 4 members (excludes halogenated alkanes) is 11. The Bertz CT molecular complexity index is 847. The Morgan fingerprint density at radius 3 is 2.00 bits per heavy atom. The number of esters is 1. The van der Waals surface area contributed by atoms with E-state index in [1.54, 1.807) is 0 Å². The van der Waals surface area contributed by atoms with Crippen LogP contribution in [0.15, 0.2) is 58.7 Å². The summed E-state index contributed by atoms with van der Waals surface area (Å²) in [5.41, 5.74) is 5.65. The van der Waals surface area contributed by atoms with Gasteiger partial charge in [-0.2, -0.15) is 0 Å². The van der Waals surface area contributed by atoms with Crippen molar-refractivity contribution in [2.45, 2.75) is 158 Å². The molecule has 2 nitrogen and oxygen atoms in total. The predicted molar refractivity (Wildman–Crippen MR) is 177 cm³/mol. The van der Waals surface area contributed by atoms with Gasteiger partial charge in [0.25, 0.3) is 0 Å². The van der Waals surface area contributed by atoms with Crippen molar-refractivity contribution in [1.29, 1.82) is 0 Å². The lowest BCUT2D eigenvalue weighted by atomic mass is 9.72. The molecule has 0 aromatic carbocycles. The summed E-state index contributed by atoms with van der Waals surface area (Å²) in [5.74, 6) is 0.787. The van der Waals surface area contributed by atoms with Crippen molar-refractivity contribution in [3.05, 3.63) is 58.7 Å². The molecule has 0 N–H and O–H groups in total. The minimum atomic E-state index is -0.0717. The number of ether oxygens (including phenoxy) is 1. The summed E-state index contributed by atoms with van der Waals surface area (Å²) in [6, 6.07) is 0. The molecule has 0 spiro atoms. The van der Waals surface area contributed by atoms with Crippen LogP contribution in [0.1, 0.15) is 158 Å². The smallest absolute Gasteiger partial charge is 0.306 e. The van der Waals surface area contributed by atoms with Crippen LogP contribution >= 0.6 is 0 Å². The molecule has 0 aromatic rings. The zero-order chi connectivity index (χ0) is 29.6. The molecule has 40 heavy (non-hydrogen) atoms. The highest BCUT2D eigenvalue weighted by Crippen LogP contribution is 2.40. The van der Waals surface area contributed by atoms with Crippen LogP contribution in [0.25, 0.3) is 0 Å². The zero-order valence-corrected chi connectivity index (χ0v) is 27.6. The van der Waals surface area contributed by atoms with Gasteiger partial charge in [-0.15, -0.1) is 0 Å². The summed E-state index contributed by atoms with van der Waals surface area (Å²) in [7, 11) is 0. The van der Waals surface area contributed by atoms with Crippen molar-refractivity contribution in [3.8, 4) is 0 Å². The Morgan fingerprint density at radius 2 is 1.43 bits per heavy atom. The molecule has 0 saturated carbocycles. The standard InChI is InChI=1S/C38H64O2/c1-32(2)22-18-16-14-12-10-8-9-11-13-15-17-19-26-37(39)40-31-29-34(4)24-20-23-33(3)27-28-36-35(5)25-21-30-38(36,6)7/h20,23-24,27-29,32H,8-19,21-22,25-26,30-31H2,1-7H3. The van der Waals surface area contributed by atoms with E-state index in [1.807, 2.05) is 6.08 Å². The molecule has 0 bridgehead atoms. The maximum atomic E-state index is 12.0. The van der Waals surface area contributed by atoms with Gasteiger partial charge in [-0.05, 0) is 69.4 Å². The average Bonchev–Trinajstić information content (AvgIpc) is 2.88. The van der Waals surface area contributed by atoms with E-state index in [9.17, 15) is 4.79 Å². The van der Waals surface area contributed by atoms with Crippen molar-refractivity contribution in [2.24, 2.45) is 11.3 Å². The van der Waals surface area contributed by atoms with Crippen molar-refractivity contribution < 1.29 is 9.53 Å². The molecule has 0 aromatic heterocycles. The normalized spacial score (nSPS) is 16.6. The average molecular weight is 553 g/mol. The van der Waals surface area contributed by atoms with Crippen LogP contribution in [-0.2, 0) is 9.53 Å². The summed E-state index contributed by atoms with van der Waals surface area (Å²) in [5, 5.41) is 0. The van der Waals surface area contributed by atoms with Gasteiger partial charge in [0, 0.05) is 6.42 Å². The molecule has 0 saturated heterocycles. The third kappa shape index (κ3) is 18.5. The number of hydrogen-bond acceptors (Lipinski definition) is 2. The molecule has 1 aliphatic rings. The van der Waals surface area contributed by atoms with Gasteiger partial charge in [0.1, 0.15) is 6.61 Å². The topological polar surface area (TPSA) is 26.3 Å². The lowest BCUT2D eigenvalue weighted by Crippen LogP contribution is -2.19. The lowest BCUT2D eigenvalue weighted by Gasteiger charge is -2.32. The third-order valence-electron chi connectivity index (χ3n) is 8.34. The first-order chi connectivity index (χ1) is 19.1. The number of carbonyl (C=O) groups excluding carboxylic acids is 1.